The van der Waals surface area contributed by atoms with Crippen molar-refractivity contribution in [2.24, 2.45) is 5.92 Å². The maximum atomic E-state index is 13.5. The fourth-order valence-corrected chi connectivity index (χ4v) is 3.42. The third-order valence-electron chi connectivity index (χ3n) is 4.01. The first kappa shape index (κ1) is 21.7. The molecule has 1 aromatic rings. The van der Waals surface area contributed by atoms with Gasteiger partial charge in [-0.25, -0.2) is 4.39 Å². The molecule has 2 nitrogen and oxygen atoms in total. The first-order chi connectivity index (χ1) is 11.9. The van der Waals surface area contributed by atoms with E-state index in [2.05, 4.69) is 19.6 Å². The van der Waals surface area contributed by atoms with E-state index >= 15 is 0 Å². The molecule has 0 radical (unpaired) electrons. The van der Waals surface area contributed by atoms with Gasteiger partial charge >= 0.3 is 0 Å². The molecule has 1 N–H and O–H groups in total. The minimum Gasteiger partial charge on any atom is -0.312 e. The van der Waals surface area contributed by atoms with Gasteiger partial charge in [-0.15, -0.1) is 0 Å². The van der Waals surface area contributed by atoms with E-state index in [-0.39, 0.29) is 5.82 Å². The van der Waals surface area contributed by atoms with Gasteiger partial charge in [-0.1, -0.05) is 36.4 Å². The Bertz CT molecular complexity index is 620. The number of halogens is 1. The van der Waals surface area contributed by atoms with Gasteiger partial charge in [0.05, 0.1) is 0 Å². The van der Waals surface area contributed by atoms with Crippen LogP contribution in [0.2, 0.25) is 0 Å². The van der Waals surface area contributed by atoms with E-state index in [4.69, 9.17) is 4.55 Å². The zero-order valence-electron chi connectivity index (χ0n) is 15.8. The molecule has 0 fully saturated rings. The van der Waals surface area contributed by atoms with Crippen LogP contribution >= 0.6 is 0 Å². The molecule has 0 aromatic heterocycles. The molecule has 1 aromatic carbocycles. The van der Waals surface area contributed by atoms with Crippen LogP contribution in [0.15, 0.2) is 54.2 Å². The lowest BCUT2D eigenvalue weighted by atomic mass is 9.88. The van der Waals surface area contributed by atoms with Crippen LogP contribution in [0.25, 0.3) is 0 Å². The number of rotatable bonds is 5. The summed E-state index contributed by atoms with van der Waals surface area (Å²) >= 11 is 0.423. The summed E-state index contributed by atoms with van der Waals surface area (Å²) in [6.07, 6.45) is 8.45. The van der Waals surface area contributed by atoms with Crippen LogP contribution in [0, 0.1) is 11.7 Å². The van der Waals surface area contributed by atoms with Crippen molar-refractivity contribution in [1.82, 2.24) is 4.90 Å². The van der Waals surface area contributed by atoms with E-state index in [0.29, 0.717) is 18.0 Å². The molecule has 0 spiro atoms. The van der Waals surface area contributed by atoms with Gasteiger partial charge in [0.2, 0.25) is 0 Å². The van der Waals surface area contributed by atoms with Crippen LogP contribution in [-0.4, -0.2) is 36.3 Å². The highest BCUT2D eigenvalue weighted by molar-refractivity contribution is 7.72. The minimum absolute atomic E-state index is 0.171. The zero-order valence-corrected chi connectivity index (χ0v) is 16.7. The normalized spacial score (nSPS) is 17.2. The van der Waals surface area contributed by atoms with Crippen molar-refractivity contribution in [3.63, 3.8) is 0 Å². The molecule has 25 heavy (non-hydrogen) atoms. The molecule has 1 aliphatic carbocycles. The van der Waals surface area contributed by atoms with Crippen LogP contribution < -0.4 is 0 Å². The minimum atomic E-state index is -0.171. The molecule has 0 bridgehead atoms. The number of fused-ring (bicyclic) bond motifs is 1. The Hall–Kier alpha value is -1.36. The average molecular weight is 365 g/mol. The topological polar surface area (TPSA) is 23.5 Å². The van der Waals surface area contributed by atoms with Crippen molar-refractivity contribution in [2.75, 3.05) is 26.9 Å². The van der Waals surface area contributed by atoms with Crippen molar-refractivity contribution in [3.8, 4) is 0 Å². The summed E-state index contributed by atoms with van der Waals surface area (Å²) in [6, 6.07) is 5.10. The molecule has 1 unspecified atom stereocenters. The second kappa shape index (κ2) is 11.3. The summed E-state index contributed by atoms with van der Waals surface area (Å²) in [4.78, 5) is 2.00. The van der Waals surface area contributed by atoms with Crippen molar-refractivity contribution in [1.29, 1.82) is 0 Å². The number of allylic oxidation sites excluding steroid dienone is 5. The van der Waals surface area contributed by atoms with E-state index in [1.54, 1.807) is 12.1 Å². The van der Waals surface area contributed by atoms with Gasteiger partial charge in [-0.3, -0.25) is 0 Å². The number of hydrogen-bond acceptors (Lipinski definition) is 2. The highest BCUT2D eigenvalue weighted by Gasteiger charge is 2.22. The van der Waals surface area contributed by atoms with E-state index in [0.717, 1.165) is 30.6 Å². The van der Waals surface area contributed by atoms with Crippen molar-refractivity contribution < 1.29 is 8.94 Å². The lowest BCUT2D eigenvalue weighted by molar-refractivity contribution is 0.505. The SMILES string of the molecule is C=C/C=C\C1=C(C)Cc2ccc(F)cc2CC1CC[SH+]O.CN(C)C. The Morgan fingerprint density at radius 1 is 1.32 bits per heavy atom. The first-order valence-electron chi connectivity index (χ1n) is 8.56. The van der Waals surface area contributed by atoms with Gasteiger partial charge in [0.25, 0.3) is 0 Å². The zero-order chi connectivity index (χ0) is 18.8. The van der Waals surface area contributed by atoms with Crippen LogP contribution in [0.5, 0.6) is 0 Å². The van der Waals surface area contributed by atoms with Gasteiger partial charge in [0.15, 0.2) is 0 Å². The summed E-state index contributed by atoms with van der Waals surface area (Å²) in [5.74, 6) is 0.896. The quantitative estimate of drug-likeness (QED) is 0.474. The molecular formula is C21H31FNOS+. The van der Waals surface area contributed by atoms with Crippen molar-refractivity contribution in [3.05, 3.63) is 71.1 Å². The summed E-state index contributed by atoms with van der Waals surface area (Å²) in [6.45, 7) is 5.88. The predicted octanol–water partition coefficient (Wildman–Crippen LogP) is 4.46. The summed E-state index contributed by atoms with van der Waals surface area (Å²) in [5, 5.41) is 0. The number of hydrogen-bond donors (Lipinski definition) is 1. The van der Waals surface area contributed by atoms with Crippen molar-refractivity contribution >= 4 is 12.0 Å². The van der Waals surface area contributed by atoms with E-state index in [1.807, 2.05) is 38.2 Å². The molecule has 1 atom stereocenters. The number of thiol groups is 1. The maximum absolute atomic E-state index is 13.5. The largest absolute Gasteiger partial charge is 0.312 e. The number of nitrogens with zero attached hydrogens (tertiary/aromatic N) is 1. The van der Waals surface area contributed by atoms with Crippen LogP contribution in [0.3, 0.4) is 0 Å². The van der Waals surface area contributed by atoms with Crippen LogP contribution in [-0.2, 0) is 24.9 Å². The third kappa shape index (κ3) is 7.59. The second-order valence-corrected chi connectivity index (χ2v) is 7.55. The fourth-order valence-electron chi connectivity index (χ4n) is 2.99. The maximum Gasteiger partial charge on any atom is 0.139 e. The Morgan fingerprint density at radius 2 is 2.00 bits per heavy atom. The Labute approximate surface area is 156 Å². The molecular weight excluding hydrogens is 333 g/mol. The predicted molar refractivity (Wildman–Crippen MR) is 110 cm³/mol. The molecule has 0 amide bonds. The molecule has 0 aliphatic heterocycles. The van der Waals surface area contributed by atoms with Gasteiger partial charge in [-0.05, 0) is 75.7 Å². The van der Waals surface area contributed by atoms with E-state index in [1.165, 1.54) is 22.8 Å². The lowest BCUT2D eigenvalue weighted by Gasteiger charge is -2.16. The lowest BCUT2D eigenvalue weighted by Crippen LogP contribution is -2.10. The molecule has 138 valence electrons. The molecule has 0 saturated carbocycles. The van der Waals surface area contributed by atoms with Gasteiger partial charge in [0, 0.05) is 6.42 Å². The molecule has 2 rings (SSSR count). The van der Waals surface area contributed by atoms with E-state index in [9.17, 15) is 4.39 Å². The van der Waals surface area contributed by atoms with Gasteiger partial charge < -0.3 is 4.90 Å². The smallest absolute Gasteiger partial charge is 0.139 e. The first-order valence-corrected chi connectivity index (χ1v) is 9.60. The molecule has 4 heteroatoms. The average Bonchev–Trinajstić information content (AvgIpc) is 2.66. The monoisotopic (exact) mass is 364 g/mol. The van der Waals surface area contributed by atoms with Gasteiger partial charge in [-0.2, -0.15) is 4.55 Å². The van der Waals surface area contributed by atoms with Crippen LogP contribution in [0.1, 0.15) is 24.5 Å². The van der Waals surface area contributed by atoms with E-state index < -0.39 is 0 Å². The highest BCUT2D eigenvalue weighted by Crippen LogP contribution is 2.32. The van der Waals surface area contributed by atoms with Crippen molar-refractivity contribution in [2.45, 2.75) is 26.2 Å². The molecule has 0 saturated heterocycles. The fraction of sp³-hybridized carbons (Fsp3) is 0.429. The van der Waals surface area contributed by atoms with Gasteiger partial charge in [0.1, 0.15) is 23.6 Å². The Morgan fingerprint density at radius 3 is 2.60 bits per heavy atom. The number of benzene rings is 1. The molecule has 0 heterocycles. The standard InChI is InChI=1S/C18H21FOS.C3H9N/c1-3-4-5-18-13(2)10-14-6-7-17(19)12-16(14)11-15(18)8-9-21-20;1-4(2)3/h3-7,12,15,20H,1,8-11H2,2H3;1-3H3/p+1/b5-4-;. The summed E-state index contributed by atoms with van der Waals surface area (Å²) in [7, 11) is 6.00. The third-order valence-corrected chi connectivity index (χ3v) is 4.47. The highest BCUT2D eigenvalue weighted by atomic mass is 32.2. The Kier molecular flexibility index (Phi) is 9.79. The van der Waals surface area contributed by atoms with Crippen LogP contribution in [0.4, 0.5) is 4.39 Å². The second-order valence-electron chi connectivity index (χ2n) is 6.82. The molecule has 1 aliphatic rings. The summed E-state index contributed by atoms with van der Waals surface area (Å²) < 4.78 is 22.6. The Balaban J connectivity index is 0.000000705. The summed E-state index contributed by atoms with van der Waals surface area (Å²) in [5.41, 5.74) is 4.92.